The molecule has 4 heteroatoms. The first-order valence-corrected chi connectivity index (χ1v) is 7.67. The third-order valence-electron chi connectivity index (χ3n) is 3.54. The van der Waals surface area contributed by atoms with Gasteiger partial charge in [0.25, 0.3) is 0 Å². The molecular formula is C16H17BrN2O. The quantitative estimate of drug-likeness (QED) is 0.930. The first-order chi connectivity index (χ1) is 9.83. The number of halogens is 1. The van der Waals surface area contributed by atoms with Crippen LogP contribution in [0.25, 0.3) is 0 Å². The molecule has 1 N–H and O–H groups in total. The van der Waals surface area contributed by atoms with Gasteiger partial charge in [0, 0.05) is 34.9 Å². The van der Waals surface area contributed by atoms with Crippen LogP contribution in [0.4, 0.5) is 0 Å². The van der Waals surface area contributed by atoms with E-state index in [1.165, 1.54) is 11.1 Å². The fraction of sp³-hybridized carbons (Fsp3) is 0.312. The lowest BCUT2D eigenvalue weighted by Gasteiger charge is -2.27. The molecule has 0 fully saturated rings. The highest BCUT2D eigenvalue weighted by atomic mass is 79.9. The number of nitrogens with zero attached hydrogens (tertiary/aromatic N) is 1. The van der Waals surface area contributed by atoms with Crippen molar-refractivity contribution in [3.63, 3.8) is 0 Å². The topological polar surface area (TPSA) is 34.2 Å². The van der Waals surface area contributed by atoms with Gasteiger partial charge in [0.05, 0.1) is 6.61 Å². The van der Waals surface area contributed by atoms with E-state index in [-0.39, 0.29) is 0 Å². The largest absolute Gasteiger partial charge is 0.493 e. The minimum absolute atomic E-state index is 0.368. The minimum Gasteiger partial charge on any atom is -0.493 e. The number of ether oxygens (including phenoxy) is 1. The van der Waals surface area contributed by atoms with Gasteiger partial charge >= 0.3 is 0 Å². The fourth-order valence-corrected chi connectivity index (χ4v) is 2.89. The van der Waals surface area contributed by atoms with Gasteiger partial charge in [-0.2, -0.15) is 0 Å². The molecule has 1 aliphatic rings. The van der Waals surface area contributed by atoms with E-state index in [1.807, 2.05) is 30.6 Å². The molecule has 3 nitrogen and oxygen atoms in total. The van der Waals surface area contributed by atoms with E-state index in [4.69, 9.17) is 4.74 Å². The Morgan fingerprint density at radius 1 is 1.35 bits per heavy atom. The van der Waals surface area contributed by atoms with E-state index in [2.05, 4.69) is 38.4 Å². The zero-order chi connectivity index (χ0) is 13.8. The van der Waals surface area contributed by atoms with Gasteiger partial charge in [0.15, 0.2) is 0 Å². The SMILES string of the molecule is Brc1ccc2c(c1)C(NCCc1cccnc1)CCO2. The second kappa shape index (κ2) is 6.37. The number of aromatic nitrogens is 1. The molecule has 0 saturated carbocycles. The van der Waals surface area contributed by atoms with Gasteiger partial charge in [-0.25, -0.2) is 0 Å². The predicted octanol–water partition coefficient (Wildman–Crippen LogP) is 3.50. The van der Waals surface area contributed by atoms with Gasteiger partial charge in [-0.15, -0.1) is 0 Å². The van der Waals surface area contributed by atoms with Crippen LogP contribution in [0.3, 0.4) is 0 Å². The fourth-order valence-electron chi connectivity index (χ4n) is 2.51. The summed E-state index contributed by atoms with van der Waals surface area (Å²) >= 11 is 3.53. The lowest BCUT2D eigenvalue weighted by molar-refractivity contribution is 0.253. The third-order valence-corrected chi connectivity index (χ3v) is 4.03. The Bertz CT molecular complexity index is 574. The van der Waals surface area contributed by atoms with E-state index in [1.54, 1.807) is 0 Å². The van der Waals surface area contributed by atoms with Crippen molar-refractivity contribution in [2.45, 2.75) is 18.9 Å². The van der Waals surface area contributed by atoms with Gasteiger partial charge in [0.2, 0.25) is 0 Å². The molecular weight excluding hydrogens is 316 g/mol. The maximum absolute atomic E-state index is 5.70. The molecule has 0 aliphatic carbocycles. The lowest BCUT2D eigenvalue weighted by atomic mass is 10.0. The summed E-state index contributed by atoms with van der Waals surface area (Å²) in [7, 11) is 0. The molecule has 3 rings (SSSR count). The summed E-state index contributed by atoms with van der Waals surface area (Å²) in [5.41, 5.74) is 2.51. The number of hydrogen-bond donors (Lipinski definition) is 1. The molecule has 0 radical (unpaired) electrons. The number of fused-ring (bicyclic) bond motifs is 1. The maximum Gasteiger partial charge on any atom is 0.124 e. The van der Waals surface area contributed by atoms with Crippen molar-refractivity contribution in [3.05, 3.63) is 58.3 Å². The molecule has 0 bridgehead atoms. The predicted molar refractivity (Wildman–Crippen MR) is 82.9 cm³/mol. The molecule has 0 saturated heterocycles. The summed E-state index contributed by atoms with van der Waals surface area (Å²) in [6.07, 6.45) is 5.74. The Labute approximate surface area is 127 Å². The van der Waals surface area contributed by atoms with E-state index in [0.29, 0.717) is 6.04 Å². The monoisotopic (exact) mass is 332 g/mol. The highest BCUT2D eigenvalue weighted by molar-refractivity contribution is 9.10. The average Bonchev–Trinajstić information content (AvgIpc) is 2.49. The number of rotatable bonds is 4. The number of pyridine rings is 1. The van der Waals surface area contributed by atoms with Crippen molar-refractivity contribution in [2.24, 2.45) is 0 Å². The summed E-state index contributed by atoms with van der Waals surface area (Å²) in [6.45, 7) is 1.72. The molecule has 1 aromatic carbocycles. The van der Waals surface area contributed by atoms with Crippen molar-refractivity contribution < 1.29 is 4.74 Å². The van der Waals surface area contributed by atoms with Crippen LogP contribution in [-0.2, 0) is 6.42 Å². The number of hydrogen-bond acceptors (Lipinski definition) is 3. The van der Waals surface area contributed by atoms with Crippen LogP contribution in [0, 0.1) is 0 Å². The molecule has 0 spiro atoms. The van der Waals surface area contributed by atoms with Gasteiger partial charge in [0.1, 0.15) is 5.75 Å². The van der Waals surface area contributed by atoms with Gasteiger partial charge in [-0.3, -0.25) is 4.98 Å². The van der Waals surface area contributed by atoms with E-state index in [0.717, 1.165) is 36.2 Å². The van der Waals surface area contributed by atoms with Crippen LogP contribution in [-0.4, -0.2) is 18.1 Å². The van der Waals surface area contributed by atoms with Gasteiger partial charge < -0.3 is 10.1 Å². The van der Waals surface area contributed by atoms with Crippen LogP contribution in [0.2, 0.25) is 0 Å². The van der Waals surface area contributed by atoms with Crippen LogP contribution < -0.4 is 10.1 Å². The Morgan fingerprint density at radius 2 is 2.30 bits per heavy atom. The first-order valence-electron chi connectivity index (χ1n) is 6.87. The minimum atomic E-state index is 0.368. The standard InChI is InChI=1S/C16H17BrN2O/c17-13-3-4-16-14(10-13)15(6-9-20-16)19-8-5-12-2-1-7-18-11-12/h1-4,7,10-11,15,19H,5-6,8-9H2. The van der Waals surface area contributed by atoms with Crippen molar-refractivity contribution in [2.75, 3.05) is 13.2 Å². The lowest BCUT2D eigenvalue weighted by Crippen LogP contribution is -2.28. The molecule has 0 amide bonds. The molecule has 2 heterocycles. The van der Waals surface area contributed by atoms with Crippen molar-refractivity contribution >= 4 is 15.9 Å². The zero-order valence-electron chi connectivity index (χ0n) is 11.2. The second-order valence-electron chi connectivity index (χ2n) is 4.94. The van der Waals surface area contributed by atoms with Crippen molar-refractivity contribution in [3.8, 4) is 5.75 Å². The van der Waals surface area contributed by atoms with E-state index in [9.17, 15) is 0 Å². The second-order valence-corrected chi connectivity index (χ2v) is 5.85. The highest BCUT2D eigenvalue weighted by Crippen LogP contribution is 2.33. The molecule has 104 valence electrons. The summed E-state index contributed by atoms with van der Waals surface area (Å²) in [5, 5.41) is 3.62. The Kier molecular flexibility index (Phi) is 4.33. The Hall–Kier alpha value is -1.39. The summed E-state index contributed by atoms with van der Waals surface area (Å²) < 4.78 is 6.80. The number of nitrogens with one attached hydrogen (secondary N) is 1. The highest BCUT2D eigenvalue weighted by Gasteiger charge is 2.20. The summed E-state index contributed by atoms with van der Waals surface area (Å²) in [6, 6.07) is 10.7. The molecule has 1 aliphatic heterocycles. The average molecular weight is 333 g/mol. The first kappa shape index (κ1) is 13.6. The third kappa shape index (κ3) is 3.19. The normalized spacial score (nSPS) is 17.4. The molecule has 1 unspecified atom stereocenters. The van der Waals surface area contributed by atoms with Crippen LogP contribution in [0.5, 0.6) is 5.75 Å². The molecule has 2 aromatic rings. The smallest absolute Gasteiger partial charge is 0.124 e. The summed E-state index contributed by atoms with van der Waals surface area (Å²) in [5.74, 6) is 0.998. The van der Waals surface area contributed by atoms with Crippen molar-refractivity contribution in [1.82, 2.24) is 10.3 Å². The Morgan fingerprint density at radius 3 is 3.15 bits per heavy atom. The number of benzene rings is 1. The zero-order valence-corrected chi connectivity index (χ0v) is 12.8. The Balaban J connectivity index is 1.63. The van der Waals surface area contributed by atoms with Crippen LogP contribution in [0.15, 0.2) is 47.2 Å². The van der Waals surface area contributed by atoms with Crippen molar-refractivity contribution in [1.29, 1.82) is 0 Å². The van der Waals surface area contributed by atoms with Gasteiger partial charge in [-0.1, -0.05) is 22.0 Å². The van der Waals surface area contributed by atoms with E-state index >= 15 is 0 Å². The summed E-state index contributed by atoms with van der Waals surface area (Å²) in [4.78, 5) is 4.14. The van der Waals surface area contributed by atoms with Crippen LogP contribution >= 0.6 is 15.9 Å². The maximum atomic E-state index is 5.70. The van der Waals surface area contributed by atoms with E-state index < -0.39 is 0 Å². The molecule has 1 atom stereocenters. The molecule has 20 heavy (non-hydrogen) atoms. The van der Waals surface area contributed by atoms with Crippen LogP contribution in [0.1, 0.15) is 23.6 Å². The molecule has 1 aromatic heterocycles. The van der Waals surface area contributed by atoms with Gasteiger partial charge in [-0.05, 0) is 42.8 Å².